The second kappa shape index (κ2) is 8.65. The minimum Gasteiger partial charge on any atom is -0.324 e. The number of hydrogen-bond donors (Lipinski definition) is 2. The lowest BCUT2D eigenvalue weighted by Gasteiger charge is -2.19. The van der Waals surface area contributed by atoms with Crippen molar-refractivity contribution in [1.82, 2.24) is 5.32 Å². The lowest BCUT2D eigenvalue weighted by molar-refractivity contribution is -0.118. The van der Waals surface area contributed by atoms with E-state index in [0.717, 1.165) is 22.4 Å². The van der Waals surface area contributed by atoms with Gasteiger partial charge in [0.05, 0.1) is 0 Å². The van der Waals surface area contributed by atoms with Crippen LogP contribution in [0.1, 0.15) is 22.7 Å². The molecular formula is C22H21ClN2O. The SMILES string of the molecule is Cc1ccc(NC(=O)[C@@H](NCc2cccc(Cl)c2)c2ccccc2)cc1. The maximum Gasteiger partial charge on any atom is 0.246 e. The summed E-state index contributed by atoms with van der Waals surface area (Å²) in [6, 6.07) is 24.6. The van der Waals surface area contributed by atoms with E-state index in [-0.39, 0.29) is 5.91 Å². The second-order valence-corrected chi connectivity index (χ2v) is 6.65. The molecule has 0 saturated heterocycles. The molecule has 132 valence electrons. The zero-order valence-corrected chi connectivity index (χ0v) is 15.3. The molecule has 1 atom stereocenters. The zero-order valence-electron chi connectivity index (χ0n) is 14.6. The van der Waals surface area contributed by atoms with Gasteiger partial charge in [0, 0.05) is 17.3 Å². The molecule has 0 aliphatic rings. The Morgan fingerprint density at radius 1 is 0.962 bits per heavy atom. The molecule has 2 N–H and O–H groups in total. The van der Waals surface area contributed by atoms with E-state index in [1.807, 2.05) is 85.8 Å². The van der Waals surface area contributed by atoms with Crippen LogP contribution < -0.4 is 10.6 Å². The highest BCUT2D eigenvalue weighted by Gasteiger charge is 2.20. The van der Waals surface area contributed by atoms with E-state index in [0.29, 0.717) is 11.6 Å². The summed E-state index contributed by atoms with van der Waals surface area (Å²) in [5.74, 6) is -0.0953. The van der Waals surface area contributed by atoms with Crippen LogP contribution in [-0.2, 0) is 11.3 Å². The summed E-state index contributed by atoms with van der Waals surface area (Å²) < 4.78 is 0. The van der Waals surface area contributed by atoms with Crippen molar-refractivity contribution in [2.45, 2.75) is 19.5 Å². The standard InChI is InChI=1S/C22H21ClN2O/c1-16-10-12-20(13-11-16)25-22(26)21(18-7-3-2-4-8-18)24-15-17-6-5-9-19(23)14-17/h2-14,21,24H,15H2,1H3,(H,25,26)/t21-/m0/s1. The Hall–Kier alpha value is -2.62. The lowest BCUT2D eigenvalue weighted by atomic mass is 10.1. The summed E-state index contributed by atoms with van der Waals surface area (Å²) in [5.41, 5.74) is 3.88. The monoisotopic (exact) mass is 364 g/mol. The highest BCUT2D eigenvalue weighted by Crippen LogP contribution is 2.18. The quantitative estimate of drug-likeness (QED) is 0.637. The molecule has 4 heteroatoms. The number of rotatable bonds is 6. The van der Waals surface area contributed by atoms with Crippen molar-refractivity contribution in [2.24, 2.45) is 0 Å². The summed E-state index contributed by atoms with van der Waals surface area (Å²) in [6.07, 6.45) is 0. The molecule has 0 heterocycles. The Kier molecular flexibility index (Phi) is 6.05. The number of aryl methyl sites for hydroxylation is 1. The van der Waals surface area contributed by atoms with E-state index in [9.17, 15) is 4.79 Å². The van der Waals surface area contributed by atoms with Crippen molar-refractivity contribution in [3.8, 4) is 0 Å². The van der Waals surface area contributed by atoms with E-state index < -0.39 is 6.04 Å². The fourth-order valence-corrected chi connectivity index (χ4v) is 2.94. The van der Waals surface area contributed by atoms with Gasteiger partial charge in [-0.05, 0) is 42.3 Å². The molecule has 0 fully saturated rings. The first-order chi connectivity index (χ1) is 12.6. The van der Waals surface area contributed by atoms with Crippen molar-refractivity contribution in [3.63, 3.8) is 0 Å². The third-order valence-corrected chi connectivity index (χ3v) is 4.35. The van der Waals surface area contributed by atoms with Crippen LogP contribution >= 0.6 is 11.6 Å². The van der Waals surface area contributed by atoms with Crippen molar-refractivity contribution in [1.29, 1.82) is 0 Å². The van der Waals surface area contributed by atoms with Gasteiger partial charge in [0.25, 0.3) is 0 Å². The van der Waals surface area contributed by atoms with Crippen LogP contribution in [0.3, 0.4) is 0 Å². The van der Waals surface area contributed by atoms with E-state index in [2.05, 4.69) is 10.6 Å². The number of carbonyl (C=O) groups excluding carboxylic acids is 1. The van der Waals surface area contributed by atoms with Crippen molar-refractivity contribution in [2.75, 3.05) is 5.32 Å². The van der Waals surface area contributed by atoms with Gasteiger partial charge in [0.15, 0.2) is 0 Å². The largest absolute Gasteiger partial charge is 0.324 e. The lowest BCUT2D eigenvalue weighted by Crippen LogP contribution is -2.32. The molecule has 3 nitrogen and oxygen atoms in total. The molecule has 3 aromatic rings. The van der Waals surface area contributed by atoms with Gasteiger partial charge < -0.3 is 5.32 Å². The molecule has 0 aliphatic heterocycles. The van der Waals surface area contributed by atoms with E-state index in [1.165, 1.54) is 0 Å². The molecule has 0 bridgehead atoms. The van der Waals surface area contributed by atoms with E-state index >= 15 is 0 Å². The number of carbonyl (C=O) groups is 1. The van der Waals surface area contributed by atoms with Gasteiger partial charge in [0.1, 0.15) is 6.04 Å². The van der Waals surface area contributed by atoms with Gasteiger partial charge in [-0.3, -0.25) is 10.1 Å². The van der Waals surface area contributed by atoms with Crippen LogP contribution in [0.2, 0.25) is 5.02 Å². The second-order valence-electron chi connectivity index (χ2n) is 6.21. The predicted molar refractivity (Wildman–Crippen MR) is 107 cm³/mol. The Morgan fingerprint density at radius 3 is 2.38 bits per heavy atom. The number of nitrogens with one attached hydrogen (secondary N) is 2. The first-order valence-corrected chi connectivity index (χ1v) is 8.90. The molecule has 0 unspecified atom stereocenters. The van der Waals surface area contributed by atoms with Crippen molar-refractivity contribution < 1.29 is 4.79 Å². The third-order valence-electron chi connectivity index (χ3n) is 4.11. The van der Waals surface area contributed by atoms with E-state index in [4.69, 9.17) is 11.6 Å². The number of amides is 1. The molecule has 3 rings (SSSR count). The van der Waals surface area contributed by atoms with Gasteiger partial charge in [-0.15, -0.1) is 0 Å². The Balaban J connectivity index is 1.76. The molecule has 0 aromatic heterocycles. The molecule has 26 heavy (non-hydrogen) atoms. The molecule has 0 aliphatic carbocycles. The van der Waals surface area contributed by atoms with Crippen molar-refractivity contribution >= 4 is 23.2 Å². The van der Waals surface area contributed by atoms with Crippen LogP contribution in [0.5, 0.6) is 0 Å². The predicted octanol–water partition coefficient (Wildman–Crippen LogP) is 5.12. The molecular weight excluding hydrogens is 344 g/mol. The van der Waals surface area contributed by atoms with Gasteiger partial charge in [-0.1, -0.05) is 71.8 Å². The fourth-order valence-electron chi connectivity index (χ4n) is 2.73. The first-order valence-electron chi connectivity index (χ1n) is 8.52. The Bertz CT molecular complexity index is 863. The van der Waals surface area contributed by atoms with Crippen LogP contribution in [0, 0.1) is 6.92 Å². The summed E-state index contributed by atoms with van der Waals surface area (Å²) in [6.45, 7) is 2.56. The van der Waals surface area contributed by atoms with Crippen LogP contribution in [0.15, 0.2) is 78.9 Å². The van der Waals surface area contributed by atoms with Gasteiger partial charge in [-0.2, -0.15) is 0 Å². The van der Waals surface area contributed by atoms with Gasteiger partial charge >= 0.3 is 0 Å². The average molecular weight is 365 g/mol. The normalized spacial score (nSPS) is 11.8. The van der Waals surface area contributed by atoms with Crippen LogP contribution in [0.25, 0.3) is 0 Å². The minimum absolute atomic E-state index is 0.0953. The Labute approximate surface area is 159 Å². The Morgan fingerprint density at radius 2 is 1.69 bits per heavy atom. The molecule has 3 aromatic carbocycles. The highest BCUT2D eigenvalue weighted by atomic mass is 35.5. The topological polar surface area (TPSA) is 41.1 Å². The zero-order chi connectivity index (χ0) is 18.4. The fraction of sp³-hybridized carbons (Fsp3) is 0.136. The number of benzene rings is 3. The first kappa shape index (κ1) is 18.2. The van der Waals surface area contributed by atoms with Gasteiger partial charge in [-0.25, -0.2) is 0 Å². The minimum atomic E-state index is -0.462. The number of hydrogen-bond acceptors (Lipinski definition) is 2. The molecule has 0 saturated carbocycles. The molecule has 0 radical (unpaired) electrons. The van der Waals surface area contributed by atoms with Gasteiger partial charge in [0.2, 0.25) is 5.91 Å². The van der Waals surface area contributed by atoms with Crippen molar-refractivity contribution in [3.05, 3.63) is 101 Å². The maximum absolute atomic E-state index is 12.9. The highest BCUT2D eigenvalue weighted by molar-refractivity contribution is 6.30. The summed E-state index contributed by atoms with van der Waals surface area (Å²) in [4.78, 5) is 12.9. The van der Waals surface area contributed by atoms with Crippen LogP contribution in [-0.4, -0.2) is 5.91 Å². The van der Waals surface area contributed by atoms with E-state index in [1.54, 1.807) is 0 Å². The summed E-state index contributed by atoms with van der Waals surface area (Å²) in [7, 11) is 0. The number of halogens is 1. The van der Waals surface area contributed by atoms with Crippen LogP contribution in [0.4, 0.5) is 5.69 Å². The summed E-state index contributed by atoms with van der Waals surface area (Å²) >= 11 is 6.05. The average Bonchev–Trinajstić information content (AvgIpc) is 2.65. The maximum atomic E-state index is 12.9. The molecule has 0 spiro atoms. The number of anilines is 1. The smallest absolute Gasteiger partial charge is 0.246 e. The third kappa shape index (κ3) is 4.94. The summed E-state index contributed by atoms with van der Waals surface area (Å²) in [5, 5.41) is 7.01. The molecule has 1 amide bonds.